The van der Waals surface area contributed by atoms with Crippen molar-refractivity contribution in [3.05, 3.63) is 59.9 Å². The smallest absolute Gasteiger partial charge is 0.293 e. The molecule has 0 spiro atoms. The van der Waals surface area contributed by atoms with Crippen LogP contribution >= 0.6 is 0 Å². The van der Waals surface area contributed by atoms with Crippen molar-refractivity contribution >= 4 is 23.0 Å². The van der Waals surface area contributed by atoms with Crippen LogP contribution in [-0.2, 0) is 17.1 Å². The van der Waals surface area contributed by atoms with E-state index in [9.17, 15) is 9.35 Å². The maximum absolute atomic E-state index is 12.3. The standard InChI is InChI=1S/C14H15N3O3S/c1-17(21(20)10-11-5-3-2-4-6-11)12-7-8-15-13(9-12)14(18)16-19/h2-9,19H,10H2,1H3,(H,16,18). The molecular formula is C14H15N3O3S. The maximum Gasteiger partial charge on any atom is 0.293 e. The highest BCUT2D eigenvalue weighted by atomic mass is 32.2. The monoisotopic (exact) mass is 305 g/mol. The molecule has 1 heterocycles. The number of aromatic nitrogens is 1. The van der Waals surface area contributed by atoms with Crippen LogP contribution in [0.2, 0.25) is 0 Å². The first-order valence-corrected chi connectivity index (χ1v) is 7.46. The van der Waals surface area contributed by atoms with Gasteiger partial charge in [-0.05, 0) is 12.1 Å². The van der Waals surface area contributed by atoms with Gasteiger partial charge in [0.15, 0.2) is 5.75 Å². The molecule has 2 N–H and O–H groups in total. The molecule has 21 heavy (non-hydrogen) atoms. The highest BCUT2D eigenvalue weighted by molar-refractivity contribution is 7.92. The summed E-state index contributed by atoms with van der Waals surface area (Å²) >= 11 is -1.28. The molecule has 0 aliphatic rings. The molecule has 1 atom stereocenters. The van der Waals surface area contributed by atoms with E-state index in [0.29, 0.717) is 11.4 Å². The zero-order valence-electron chi connectivity index (χ0n) is 11.4. The van der Waals surface area contributed by atoms with Crippen LogP contribution in [0.5, 0.6) is 0 Å². The van der Waals surface area contributed by atoms with E-state index < -0.39 is 17.3 Å². The molecule has 1 aromatic carbocycles. The molecule has 0 radical (unpaired) electrons. The predicted octanol–water partition coefficient (Wildman–Crippen LogP) is 1.50. The topological polar surface area (TPSA) is 88.5 Å². The van der Waals surface area contributed by atoms with E-state index in [0.717, 1.165) is 5.56 Å². The summed E-state index contributed by atoms with van der Waals surface area (Å²) in [5.74, 6) is -0.333. The van der Waals surface area contributed by atoms with Crippen molar-refractivity contribution in [3.8, 4) is 0 Å². The largest absolute Gasteiger partial charge is 0.593 e. The molecule has 7 heteroatoms. The third kappa shape index (κ3) is 3.94. The van der Waals surface area contributed by atoms with Gasteiger partial charge in [0, 0.05) is 11.8 Å². The van der Waals surface area contributed by atoms with Crippen LogP contribution < -0.4 is 9.79 Å². The SMILES string of the molecule is CN(c1ccnc(C(=O)NO)c1)[S+]([O-])Cc1ccccc1. The molecule has 6 nitrogen and oxygen atoms in total. The molecule has 0 bridgehead atoms. The summed E-state index contributed by atoms with van der Waals surface area (Å²) in [5, 5.41) is 8.61. The number of rotatable bonds is 5. The lowest BCUT2D eigenvalue weighted by Gasteiger charge is -2.22. The molecular weight excluding hydrogens is 290 g/mol. The fourth-order valence-corrected chi connectivity index (χ4v) is 2.75. The lowest BCUT2D eigenvalue weighted by atomic mass is 10.2. The zero-order valence-corrected chi connectivity index (χ0v) is 12.2. The first-order valence-electron chi connectivity index (χ1n) is 6.18. The highest BCUT2D eigenvalue weighted by Crippen LogP contribution is 2.19. The van der Waals surface area contributed by atoms with E-state index in [1.165, 1.54) is 17.7 Å². The number of anilines is 1. The molecule has 2 aromatic rings. The Morgan fingerprint density at radius 2 is 2.10 bits per heavy atom. The normalized spacial score (nSPS) is 11.8. The van der Waals surface area contributed by atoms with Crippen LogP contribution in [-0.4, -0.2) is 27.7 Å². The number of nitrogens with one attached hydrogen (secondary N) is 1. The maximum atomic E-state index is 12.3. The zero-order chi connectivity index (χ0) is 15.2. The van der Waals surface area contributed by atoms with Crippen LogP contribution in [0.15, 0.2) is 48.7 Å². The minimum absolute atomic E-state index is 0.0542. The van der Waals surface area contributed by atoms with Crippen molar-refractivity contribution < 1.29 is 14.6 Å². The van der Waals surface area contributed by atoms with Crippen LogP contribution in [0, 0.1) is 0 Å². The number of carbonyl (C=O) groups excluding carboxylic acids is 1. The average Bonchev–Trinajstić information content (AvgIpc) is 2.54. The summed E-state index contributed by atoms with van der Waals surface area (Å²) in [6, 6.07) is 12.6. The molecule has 0 aliphatic heterocycles. The summed E-state index contributed by atoms with van der Waals surface area (Å²) in [5.41, 5.74) is 3.12. The van der Waals surface area contributed by atoms with Crippen molar-refractivity contribution in [1.82, 2.24) is 10.5 Å². The number of hydroxylamine groups is 1. The van der Waals surface area contributed by atoms with Crippen LogP contribution in [0.4, 0.5) is 5.69 Å². The Bertz CT molecular complexity index is 609. The number of hydrogen-bond donors (Lipinski definition) is 2. The summed E-state index contributed by atoms with van der Waals surface area (Å²) in [7, 11) is 1.68. The number of nitrogens with zero attached hydrogens (tertiary/aromatic N) is 2. The van der Waals surface area contributed by atoms with Crippen molar-refractivity contribution in [2.24, 2.45) is 0 Å². The minimum Gasteiger partial charge on any atom is -0.593 e. The van der Waals surface area contributed by atoms with Gasteiger partial charge in [-0.25, -0.2) is 5.48 Å². The van der Waals surface area contributed by atoms with Crippen molar-refractivity contribution in [3.63, 3.8) is 0 Å². The first-order chi connectivity index (χ1) is 10.1. The van der Waals surface area contributed by atoms with Gasteiger partial charge < -0.3 is 4.55 Å². The van der Waals surface area contributed by atoms with Crippen LogP contribution in [0.25, 0.3) is 0 Å². The first kappa shape index (κ1) is 15.3. The van der Waals surface area contributed by atoms with E-state index in [2.05, 4.69) is 4.98 Å². The Morgan fingerprint density at radius 1 is 1.38 bits per heavy atom. The second-order valence-corrected chi connectivity index (χ2v) is 5.77. The fraction of sp³-hybridized carbons (Fsp3) is 0.143. The predicted molar refractivity (Wildman–Crippen MR) is 80.2 cm³/mol. The number of pyridine rings is 1. The van der Waals surface area contributed by atoms with Gasteiger partial charge in [0.25, 0.3) is 5.91 Å². The van der Waals surface area contributed by atoms with Crippen molar-refractivity contribution in [2.45, 2.75) is 5.75 Å². The van der Waals surface area contributed by atoms with Gasteiger partial charge in [0.05, 0.1) is 24.1 Å². The molecule has 110 valence electrons. The van der Waals surface area contributed by atoms with Gasteiger partial charge in [-0.1, -0.05) is 30.3 Å². The number of carbonyl (C=O) groups is 1. The lowest BCUT2D eigenvalue weighted by Crippen LogP contribution is -2.28. The third-order valence-electron chi connectivity index (χ3n) is 2.88. The Labute approximate surface area is 125 Å². The second kappa shape index (κ2) is 7.07. The van der Waals surface area contributed by atoms with Gasteiger partial charge >= 0.3 is 0 Å². The van der Waals surface area contributed by atoms with Crippen LogP contribution in [0.3, 0.4) is 0 Å². The van der Waals surface area contributed by atoms with Gasteiger partial charge in [0.2, 0.25) is 0 Å². The quantitative estimate of drug-likeness (QED) is 0.496. The molecule has 0 aliphatic carbocycles. The third-order valence-corrected chi connectivity index (χ3v) is 4.28. The highest BCUT2D eigenvalue weighted by Gasteiger charge is 2.18. The van der Waals surface area contributed by atoms with Gasteiger partial charge in [-0.2, -0.15) is 4.31 Å². The number of benzene rings is 1. The lowest BCUT2D eigenvalue weighted by molar-refractivity contribution is 0.0701. The molecule has 2 rings (SSSR count). The summed E-state index contributed by atoms with van der Waals surface area (Å²) in [6.07, 6.45) is 1.43. The minimum atomic E-state index is -1.28. The number of amides is 1. The Balaban J connectivity index is 2.12. The molecule has 0 saturated carbocycles. The van der Waals surface area contributed by atoms with E-state index in [1.54, 1.807) is 17.4 Å². The van der Waals surface area contributed by atoms with E-state index in [-0.39, 0.29) is 5.69 Å². The summed E-state index contributed by atoms with van der Waals surface area (Å²) < 4.78 is 13.9. The van der Waals surface area contributed by atoms with Crippen LogP contribution in [0.1, 0.15) is 16.1 Å². The summed E-state index contributed by atoms with van der Waals surface area (Å²) in [6.45, 7) is 0. The van der Waals surface area contributed by atoms with E-state index in [1.807, 2.05) is 30.3 Å². The average molecular weight is 305 g/mol. The van der Waals surface area contributed by atoms with Gasteiger partial charge in [-0.15, -0.1) is 0 Å². The molecule has 1 unspecified atom stereocenters. The Morgan fingerprint density at radius 3 is 2.76 bits per heavy atom. The Hall–Kier alpha value is -2.09. The summed E-state index contributed by atoms with van der Waals surface area (Å²) in [4.78, 5) is 15.2. The van der Waals surface area contributed by atoms with Crippen molar-refractivity contribution in [2.75, 3.05) is 11.4 Å². The molecule has 1 aromatic heterocycles. The second-order valence-electron chi connectivity index (χ2n) is 4.29. The van der Waals surface area contributed by atoms with Gasteiger partial charge in [0.1, 0.15) is 5.69 Å². The van der Waals surface area contributed by atoms with Gasteiger partial charge in [-0.3, -0.25) is 15.0 Å². The van der Waals surface area contributed by atoms with Crippen molar-refractivity contribution in [1.29, 1.82) is 0 Å². The number of hydrogen-bond acceptors (Lipinski definition) is 5. The molecule has 0 saturated heterocycles. The molecule has 1 amide bonds. The Kier molecular flexibility index (Phi) is 5.15. The van der Waals surface area contributed by atoms with E-state index in [4.69, 9.17) is 5.21 Å². The molecule has 0 fully saturated rings. The van der Waals surface area contributed by atoms with E-state index >= 15 is 0 Å². The fourth-order valence-electron chi connectivity index (χ4n) is 1.73.